The third-order valence-electron chi connectivity index (χ3n) is 8.60. The lowest BCUT2D eigenvalue weighted by Gasteiger charge is -2.17. The number of carbonyl (C=O) groups excluding carboxylic acids is 4. The number of nitrogens with one attached hydrogen (secondary N) is 7. The van der Waals surface area contributed by atoms with Gasteiger partial charge in [-0.3, -0.25) is 19.2 Å². The van der Waals surface area contributed by atoms with Gasteiger partial charge in [0.2, 0.25) is 11.8 Å². The lowest BCUT2D eigenvalue weighted by molar-refractivity contribution is -0.139. The van der Waals surface area contributed by atoms with Crippen LogP contribution in [0.5, 0.6) is 0 Å². The first kappa shape index (κ1) is 39.3. The van der Waals surface area contributed by atoms with Crippen molar-refractivity contribution in [3.63, 3.8) is 0 Å². The molecular weight excluding hydrogens is 670 g/mol. The standard InChI is InChI=1S/C33H51N7O9S/c1-33(39-40-33)23-10-8-22(9-11-23)30(44)36-24(20-28(42)43)31(45)35-13-5-15-48-17-19-49-18-16-47-14-4-12-34-27(41)7-3-2-6-26-29-25(21-50-26)37-32(46)38-29/h8-11,24-26,29,39-40H,2-7,12-21H2,1H3,(H,34,41)(H,35,45)(H,36,44)(H,42,43)(H2,37,38,46)/t24-,25+,26+,29+/m1/s1. The lowest BCUT2D eigenvalue weighted by atomic mass is 10.0. The second-order valence-corrected chi connectivity index (χ2v) is 13.9. The van der Waals surface area contributed by atoms with E-state index in [2.05, 4.69) is 37.4 Å². The van der Waals surface area contributed by atoms with Crippen LogP contribution in [0.1, 0.15) is 67.8 Å². The van der Waals surface area contributed by atoms with Gasteiger partial charge in [-0.15, -0.1) is 0 Å². The molecule has 8 N–H and O–H groups in total. The van der Waals surface area contributed by atoms with Crippen LogP contribution in [-0.4, -0.2) is 117 Å². The van der Waals surface area contributed by atoms with E-state index in [-0.39, 0.29) is 36.2 Å². The highest BCUT2D eigenvalue weighted by Crippen LogP contribution is 2.33. The van der Waals surface area contributed by atoms with Crippen LogP contribution in [0.25, 0.3) is 0 Å². The van der Waals surface area contributed by atoms with Crippen molar-refractivity contribution >= 4 is 41.5 Å². The summed E-state index contributed by atoms with van der Waals surface area (Å²) in [4.78, 5) is 60.1. The molecule has 17 heteroatoms. The molecule has 16 nitrogen and oxygen atoms in total. The molecule has 3 heterocycles. The predicted octanol–water partition coefficient (Wildman–Crippen LogP) is 0.328. The van der Waals surface area contributed by atoms with Crippen molar-refractivity contribution in [2.75, 3.05) is 58.5 Å². The SMILES string of the molecule is CC1(c2ccc(C(=O)N[C@H](CC(=O)O)C(=O)NCCCOCCOCCOCCCNC(=O)CCCC[C@@H]3SC[C@@H]4NC(=O)N[C@@H]43)cc2)NN1. The molecule has 3 aliphatic heterocycles. The van der Waals surface area contributed by atoms with E-state index in [4.69, 9.17) is 14.2 Å². The lowest BCUT2D eigenvalue weighted by Crippen LogP contribution is -2.48. The number of hydrazine groups is 1. The third kappa shape index (κ3) is 13.3. The molecule has 0 radical (unpaired) electrons. The first-order valence-corrected chi connectivity index (χ1v) is 18.3. The van der Waals surface area contributed by atoms with Gasteiger partial charge in [0.15, 0.2) is 0 Å². The Morgan fingerprint density at radius 1 is 0.900 bits per heavy atom. The molecule has 0 unspecified atom stereocenters. The van der Waals surface area contributed by atoms with Crippen molar-refractivity contribution in [1.82, 2.24) is 37.4 Å². The molecule has 50 heavy (non-hydrogen) atoms. The number of fused-ring (bicyclic) bond motifs is 1. The summed E-state index contributed by atoms with van der Waals surface area (Å²) in [5, 5.41) is 23.7. The number of hydrogen-bond acceptors (Lipinski definition) is 11. The van der Waals surface area contributed by atoms with Crippen molar-refractivity contribution in [1.29, 1.82) is 0 Å². The van der Waals surface area contributed by atoms with E-state index < -0.39 is 30.2 Å². The van der Waals surface area contributed by atoms with Crippen molar-refractivity contribution in [2.45, 2.75) is 80.9 Å². The molecule has 3 fully saturated rings. The largest absolute Gasteiger partial charge is 0.481 e. The number of unbranched alkanes of at least 4 members (excludes halogenated alkanes) is 1. The van der Waals surface area contributed by atoms with Crippen molar-refractivity contribution < 1.29 is 43.3 Å². The zero-order valence-corrected chi connectivity index (χ0v) is 29.4. The quantitative estimate of drug-likeness (QED) is 0.0388. The number of carboxylic acid groups (broad SMARTS) is 1. The number of thioether (sulfide) groups is 1. The Balaban J connectivity index is 0.914. The van der Waals surface area contributed by atoms with E-state index in [0.717, 1.165) is 30.6 Å². The minimum absolute atomic E-state index is 0.0476. The highest BCUT2D eigenvalue weighted by Gasteiger charge is 2.42. The van der Waals surface area contributed by atoms with Gasteiger partial charge in [-0.2, -0.15) is 11.8 Å². The Kier molecular flexibility index (Phi) is 16.0. The zero-order valence-electron chi connectivity index (χ0n) is 28.6. The average molecular weight is 722 g/mol. The molecule has 5 amide bonds. The Hall–Kier alpha value is -3.48. The average Bonchev–Trinajstić information content (AvgIpc) is 3.58. The normalized spacial score (nSPS) is 20.7. The summed E-state index contributed by atoms with van der Waals surface area (Å²) >= 11 is 1.89. The van der Waals surface area contributed by atoms with E-state index in [9.17, 15) is 29.1 Å². The van der Waals surface area contributed by atoms with Gasteiger partial charge in [-0.25, -0.2) is 15.6 Å². The molecule has 0 aromatic heterocycles. The summed E-state index contributed by atoms with van der Waals surface area (Å²) in [7, 11) is 0. The van der Waals surface area contributed by atoms with Crippen LogP contribution in [0, 0.1) is 0 Å². The van der Waals surface area contributed by atoms with E-state index in [1.54, 1.807) is 24.3 Å². The van der Waals surface area contributed by atoms with Gasteiger partial charge in [-0.05, 0) is 50.3 Å². The Morgan fingerprint density at radius 2 is 1.54 bits per heavy atom. The van der Waals surface area contributed by atoms with Crippen molar-refractivity contribution in [2.24, 2.45) is 0 Å². The van der Waals surface area contributed by atoms with Gasteiger partial charge >= 0.3 is 12.0 Å². The molecule has 0 aliphatic carbocycles. The minimum Gasteiger partial charge on any atom is -0.481 e. The van der Waals surface area contributed by atoms with Gasteiger partial charge in [0, 0.05) is 49.3 Å². The van der Waals surface area contributed by atoms with Crippen molar-refractivity contribution in [3.05, 3.63) is 35.4 Å². The highest BCUT2D eigenvalue weighted by molar-refractivity contribution is 8.00. The Morgan fingerprint density at radius 3 is 2.18 bits per heavy atom. The molecule has 4 atom stereocenters. The molecular formula is C33H51N7O9S. The number of hydrogen-bond donors (Lipinski definition) is 8. The molecule has 3 saturated heterocycles. The number of benzene rings is 1. The van der Waals surface area contributed by atoms with Gasteiger partial charge in [0.1, 0.15) is 11.7 Å². The maximum atomic E-state index is 12.7. The maximum Gasteiger partial charge on any atom is 0.315 e. The summed E-state index contributed by atoms with van der Waals surface area (Å²) < 4.78 is 16.6. The molecule has 4 rings (SSSR count). The fourth-order valence-electron chi connectivity index (χ4n) is 5.63. The van der Waals surface area contributed by atoms with Crippen LogP contribution in [0.2, 0.25) is 0 Å². The fraction of sp³-hybridized carbons (Fsp3) is 0.667. The summed E-state index contributed by atoms with van der Waals surface area (Å²) in [6, 6.07) is 5.97. The first-order valence-electron chi connectivity index (χ1n) is 17.3. The number of carboxylic acids is 1. The van der Waals surface area contributed by atoms with E-state index >= 15 is 0 Å². The highest BCUT2D eigenvalue weighted by atomic mass is 32.2. The van der Waals surface area contributed by atoms with Gasteiger partial charge in [0.05, 0.1) is 44.9 Å². The predicted molar refractivity (Wildman–Crippen MR) is 185 cm³/mol. The van der Waals surface area contributed by atoms with Crippen LogP contribution in [0.3, 0.4) is 0 Å². The number of rotatable bonds is 25. The topological polar surface area (TPSA) is 237 Å². The zero-order chi connectivity index (χ0) is 35.8. The molecule has 278 valence electrons. The van der Waals surface area contributed by atoms with Crippen LogP contribution in [-0.2, 0) is 34.3 Å². The van der Waals surface area contributed by atoms with Gasteiger partial charge in [0.25, 0.3) is 5.91 Å². The molecule has 1 aromatic rings. The van der Waals surface area contributed by atoms with Crippen LogP contribution in [0.15, 0.2) is 24.3 Å². The second kappa shape index (κ2) is 20.4. The number of carbonyl (C=O) groups is 5. The van der Waals surface area contributed by atoms with E-state index in [1.807, 2.05) is 18.7 Å². The molecule has 1 aromatic carbocycles. The first-order chi connectivity index (χ1) is 24.1. The third-order valence-corrected chi connectivity index (χ3v) is 10.1. The van der Waals surface area contributed by atoms with Crippen LogP contribution < -0.4 is 37.4 Å². The van der Waals surface area contributed by atoms with E-state index in [0.29, 0.717) is 76.3 Å². The summed E-state index contributed by atoms with van der Waals surface area (Å²) in [6.07, 6.45) is 3.97. The second-order valence-electron chi connectivity index (χ2n) is 12.6. The van der Waals surface area contributed by atoms with Gasteiger partial charge in [-0.1, -0.05) is 18.6 Å². The summed E-state index contributed by atoms with van der Waals surface area (Å²) in [5.41, 5.74) is 6.95. The van der Waals surface area contributed by atoms with Gasteiger partial charge < -0.3 is 45.9 Å². The molecule has 0 bridgehead atoms. The smallest absolute Gasteiger partial charge is 0.315 e. The van der Waals surface area contributed by atoms with E-state index in [1.165, 1.54) is 0 Å². The Bertz CT molecular complexity index is 1280. The summed E-state index contributed by atoms with van der Waals surface area (Å²) in [6.45, 7) is 5.27. The number of ether oxygens (including phenoxy) is 3. The maximum absolute atomic E-state index is 12.7. The fourth-order valence-corrected chi connectivity index (χ4v) is 7.18. The number of urea groups is 1. The number of aliphatic carboxylic acids is 1. The van der Waals surface area contributed by atoms with Crippen LogP contribution in [0.4, 0.5) is 4.79 Å². The van der Waals surface area contributed by atoms with Crippen molar-refractivity contribution in [3.8, 4) is 0 Å². The minimum atomic E-state index is -1.22. The molecule has 3 aliphatic rings. The van der Waals surface area contributed by atoms with Crippen LogP contribution >= 0.6 is 11.8 Å². The molecule has 0 spiro atoms. The molecule has 0 saturated carbocycles. The Labute approximate surface area is 296 Å². The summed E-state index contributed by atoms with van der Waals surface area (Å²) in [5.74, 6) is -1.32. The number of amides is 5. The monoisotopic (exact) mass is 721 g/mol.